The van der Waals surface area contributed by atoms with E-state index in [1.807, 2.05) is 20.8 Å². The predicted octanol–water partition coefficient (Wildman–Crippen LogP) is 5.27. The molecule has 1 unspecified atom stereocenters. The minimum atomic E-state index is -0.368. The maximum absolute atomic E-state index is 12.0. The predicted molar refractivity (Wildman–Crippen MR) is 82.1 cm³/mol. The van der Waals surface area contributed by atoms with E-state index in [0.717, 1.165) is 25.7 Å². The minimum absolute atomic E-state index is 0.0310. The molecule has 0 aromatic heterocycles. The van der Waals surface area contributed by atoms with Crippen LogP contribution in [-0.4, -0.2) is 11.6 Å². The molecular weight excluding hydrogens is 236 g/mol. The summed E-state index contributed by atoms with van der Waals surface area (Å²) in [4.78, 5) is 12.0. The fourth-order valence-electron chi connectivity index (χ4n) is 1.93. The van der Waals surface area contributed by atoms with E-state index in [-0.39, 0.29) is 17.5 Å². The van der Waals surface area contributed by atoms with Crippen molar-refractivity contribution in [2.24, 2.45) is 5.92 Å². The zero-order valence-electron chi connectivity index (χ0n) is 13.5. The second-order valence-corrected chi connectivity index (χ2v) is 6.18. The van der Waals surface area contributed by atoms with Crippen LogP contribution < -0.4 is 0 Å². The number of esters is 1. The summed E-state index contributed by atoms with van der Waals surface area (Å²) in [5.41, 5.74) is -0.368. The van der Waals surface area contributed by atoms with Gasteiger partial charge < -0.3 is 4.74 Å². The van der Waals surface area contributed by atoms with Crippen molar-refractivity contribution < 1.29 is 9.53 Å². The zero-order chi connectivity index (χ0) is 14.7. The number of allylic oxidation sites excluding steroid dienone is 2. The summed E-state index contributed by atoms with van der Waals surface area (Å²) in [6, 6.07) is 0. The van der Waals surface area contributed by atoms with Gasteiger partial charge in [0.15, 0.2) is 0 Å². The summed E-state index contributed by atoms with van der Waals surface area (Å²) >= 11 is 0. The molecule has 0 radical (unpaired) electrons. The highest BCUT2D eigenvalue weighted by atomic mass is 16.6. The molecule has 0 aromatic rings. The summed E-state index contributed by atoms with van der Waals surface area (Å²) in [7, 11) is 0. The molecule has 0 heterocycles. The molecule has 0 amide bonds. The van der Waals surface area contributed by atoms with Crippen LogP contribution in [0.3, 0.4) is 0 Å². The maximum atomic E-state index is 12.0. The van der Waals surface area contributed by atoms with Gasteiger partial charge in [-0.2, -0.15) is 0 Å². The number of unbranched alkanes of at least 4 members (excludes halogenated alkanes) is 3. The van der Waals surface area contributed by atoms with E-state index in [0.29, 0.717) is 0 Å². The van der Waals surface area contributed by atoms with Crippen LogP contribution in [0.2, 0.25) is 0 Å². The summed E-state index contributed by atoms with van der Waals surface area (Å²) in [5.74, 6) is 0.0374. The highest BCUT2D eigenvalue weighted by Gasteiger charge is 2.23. The fraction of sp³-hybridized carbons (Fsp3) is 0.824. The van der Waals surface area contributed by atoms with E-state index < -0.39 is 0 Å². The Bertz CT molecular complexity index is 261. The van der Waals surface area contributed by atoms with E-state index in [4.69, 9.17) is 4.74 Å². The lowest BCUT2D eigenvalue weighted by Crippen LogP contribution is -2.28. The van der Waals surface area contributed by atoms with E-state index in [2.05, 4.69) is 26.0 Å². The zero-order valence-corrected chi connectivity index (χ0v) is 13.5. The molecule has 0 saturated carbocycles. The highest BCUT2D eigenvalue weighted by Crippen LogP contribution is 2.19. The summed E-state index contributed by atoms with van der Waals surface area (Å²) in [6.45, 7) is 10.0. The van der Waals surface area contributed by atoms with Gasteiger partial charge in [-0.3, -0.25) is 4.79 Å². The Kier molecular flexibility index (Phi) is 9.63. The summed E-state index contributed by atoms with van der Waals surface area (Å²) in [5, 5.41) is 0. The van der Waals surface area contributed by atoms with Crippen LogP contribution in [0, 0.1) is 5.92 Å². The lowest BCUT2D eigenvalue weighted by Gasteiger charge is -2.23. The molecule has 0 saturated heterocycles. The van der Waals surface area contributed by atoms with Gasteiger partial charge in [0, 0.05) is 0 Å². The molecule has 0 rings (SSSR count). The largest absolute Gasteiger partial charge is 0.460 e. The van der Waals surface area contributed by atoms with Crippen molar-refractivity contribution >= 4 is 5.97 Å². The molecule has 0 aliphatic carbocycles. The van der Waals surface area contributed by atoms with Crippen molar-refractivity contribution in [1.29, 1.82) is 0 Å². The topological polar surface area (TPSA) is 26.3 Å². The molecular formula is C17H32O2. The van der Waals surface area contributed by atoms with Gasteiger partial charge in [-0.1, -0.05) is 38.8 Å². The lowest BCUT2D eigenvalue weighted by molar-refractivity contribution is -0.160. The molecule has 2 nitrogen and oxygen atoms in total. The second-order valence-electron chi connectivity index (χ2n) is 6.18. The number of hydrogen-bond acceptors (Lipinski definition) is 2. The number of carbonyl (C=O) groups excluding carboxylic acids is 1. The van der Waals surface area contributed by atoms with Crippen molar-refractivity contribution in [2.75, 3.05) is 0 Å². The monoisotopic (exact) mass is 268 g/mol. The van der Waals surface area contributed by atoms with Crippen molar-refractivity contribution in [3.63, 3.8) is 0 Å². The second kappa shape index (κ2) is 10.1. The third-order valence-electron chi connectivity index (χ3n) is 3.03. The van der Waals surface area contributed by atoms with Gasteiger partial charge in [0.05, 0.1) is 5.92 Å². The Morgan fingerprint density at radius 1 is 1.11 bits per heavy atom. The molecule has 2 heteroatoms. The Balaban J connectivity index is 3.85. The molecule has 0 N–H and O–H groups in total. The highest BCUT2D eigenvalue weighted by molar-refractivity contribution is 5.72. The average molecular weight is 268 g/mol. The molecule has 112 valence electrons. The molecule has 0 fully saturated rings. The Morgan fingerprint density at radius 3 is 2.26 bits per heavy atom. The van der Waals surface area contributed by atoms with Crippen LogP contribution >= 0.6 is 0 Å². The van der Waals surface area contributed by atoms with E-state index in [9.17, 15) is 4.79 Å². The Hall–Kier alpha value is -0.790. The third kappa shape index (κ3) is 10.8. The van der Waals surface area contributed by atoms with Crippen LogP contribution in [-0.2, 0) is 9.53 Å². The number of rotatable bonds is 9. The van der Waals surface area contributed by atoms with E-state index in [1.165, 1.54) is 19.3 Å². The molecule has 0 aliphatic heterocycles. The Labute approximate surface area is 119 Å². The molecule has 0 aliphatic rings. The fourth-order valence-corrected chi connectivity index (χ4v) is 1.93. The van der Waals surface area contributed by atoms with Crippen molar-refractivity contribution in [3.8, 4) is 0 Å². The summed E-state index contributed by atoms with van der Waals surface area (Å²) in [6.07, 6.45) is 12.1. The standard InChI is InChI=1S/C17H32O2/c1-6-8-9-10-11-12-13-14-15(7-2)16(18)19-17(3,4)5/h9-10,15H,6-8,11-14H2,1-5H3. The first-order valence-electron chi connectivity index (χ1n) is 7.78. The average Bonchev–Trinajstić information content (AvgIpc) is 2.30. The van der Waals surface area contributed by atoms with Crippen molar-refractivity contribution in [1.82, 2.24) is 0 Å². The van der Waals surface area contributed by atoms with Crippen molar-refractivity contribution in [3.05, 3.63) is 12.2 Å². The maximum Gasteiger partial charge on any atom is 0.309 e. The van der Waals surface area contributed by atoms with Crippen LogP contribution in [0.4, 0.5) is 0 Å². The SMILES string of the molecule is CCCC=CCCCCC(CC)C(=O)OC(C)(C)C. The van der Waals surface area contributed by atoms with E-state index >= 15 is 0 Å². The van der Waals surface area contributed by atoms with Gasteiger partial charge in [-0.15, -0.1) is 0 Å². The first-order valence-corrected chi connectivity index (χ1v) is 7.78. The van der Waals surface area contributed by atoms with Gasteiger partial charge in [-0.05, 0) is 52.9 Å². The number of carbonyl (C=O) groups is 1. The van der Waals surface area contributed by atoms with Gasteiger partial charge in [-0.25, -0.2) is 0 Å². The van der Waals surface area contributed by atoms with Crippen LogP contribution in [0.1, 0.15) is 79.6 Å². The number of ether oxygens (including phenoxy) is 1. The smallest absolute Gasteiger partial charge is 0.309 e. The van der Waals surface area contributed by atoms with Crippen molar-refractivity contribution in [2.45, 2.75) is 85.2 Å². The first-order chi connectivity index (χ1) is 8.90. The van der Waals surface area contributed by atoms with Gasteiger partial charge in [0.2, 0.25) is 0 Å². The summed E-state index contributed by atoms with van der Waals surface area (Å²) < 4.78 is 5.45. The van der Waals surface area contributed by atoms with Crippen LogP contribution in [0.15, 0.2) is 12.2 Å². The quantitative estimate of drug-likeness (QED) is 0.323. The first kappa shape index (κ1) is 18.2. The van der Waals surface area contributed by atoms with Crippen LogP contribution in [0.5, 0.6) is 0 Å². The molecule has 0 aromatic carbocycles. The molecule has 1 atom stereocenters. The van der Waals surface area contributed by atoms with Gasteiger partial charge >= 0.3 is 5.97 Å². The lowest BCUT2D eigenvalue weighted by atomic mass is 9.98. The Morgan fingerprint density at radius 2 is 1.74 bits per heavy atom. The number of hydrogen-bond donors (Lipinski definition) is 0. The van der Waals surface area contributed by atoms with Gasteiger partial charge in [0.25, 0.3) is 0 Å². The van der Waals surface area contributed by atoms with Gasteiger partial charge in [0.1, 0.15) is 5.60 Å². The third-order valence-corrected chi connectivity index (χ3v) is 3.03. The molecule has 19 heavy (non-hydrogen) atoms. The molecule has 0 spiro atoms. The normalized spacial score (nSPS) is 13.7. The minimum Gasteiger partial charge on any atom is -0.460 e. The van der Waals surface area contributed by atoms with E-state index in [1.54, 1.807) is 0 Å². The molecule has 0 bridgehead atoms. The van der Waals surface area contributed by atoms with Crippen LogP contribution in [0.25, 0.3) is 0 Å².